The van der Waals surface area contributed by atoms with Gasteiger partial charge in [-0.1, -0.05) is 0 Å². The molecule has 0 aromatic carbocycles. The summed E-state index contributed by atoms with van der Waals surface area (Å²) in [4.78, 5) is 27.0. The summed E-state index contributed by atoms with van der Waals surface area (Å²) in [5.41, 5.74) is 1.79. The number of rotatable bonds is 4. The zero-order valence-corrected chi connectivity index (χ0v) is 12.6. The summed E-state index contributed by atoms with van der Waals surface area (Å²) >= 11 is 1.05. The van der Waals surface area contributed by atoms with Crippen molar-refractivity contribution in [1.82, 2.24) is 20.1 Å². The van der Waals surface area contributed by atoms with Crippen LogP contribution >= 0.6 is 11.3 Å². The standard InChI is InChI=1S/C12H15N5O3S/c1-6-8(5-17(3)16-6)15-12(20)13-4-9-14-7(2)10(21-9)11(18)19/h5H,4H2,1-3H3,(H,18,19)(H2,13,15,20). The van der Waals surface area contributed by atoms with Crippen LogP contribution in [0.4, 0.5) is 10.5 Å². The molecule has 112 valence electrons. The fraction of sp³-hybridized carbons (Fsp3) is 0.333. The molecule has 3 N–H and O–H groups in total. The summed E-state index contributed by atoms with van der Waals surface area (Å²) < 4.78 is 1.61. The maximum atomic E-state index is 11.8. The average molecular weight is 309 g/mol. The van der Waals surface area contributed by atoms with E-state index in [1.165, 1.54) is 0 Å². The van der Waals surface area contributed by atoms with Crippen LogP contribution in [-0.4, -0.2) is 31.9 Å². The van der Waals surface area contributed by atoms with Crippen LogP contribution in [0.25, 0.3) is 0 Å². The molecule has 21 heavy (non-hydrogen) atoms. The molecule has 2 aromatic heterocycles. The van der Waals surface area contributed by atoms with Crippen LogP contribution in [0, 0.1) is 13.8 Å². The lowest BCUT2D eigenvalue weighted by atomic mass is 10.4. The lowest BCUT2D eigenvalue weighted by molar-refractivity contribution is 0.0701. The largest absolute Gasteiger partial charge is 0.477 e. The molecular weight excluding hydrogens is 294 g/mol. The highest BCUT2D eigenvalue weighted by atomic mass is 32.1. The van der Waals surface area contributed by atoms with Crippen LogP contribution in [0.5, 0.6) is 0 Å². The van der Waals surface area contributed by atoms with Crippen molar-refractivity contribution in [3.63, 3.8) is 0 Å². The monoisotopic (exact) mass is 309 g/mol. The summed E-state index contributed by atoms with van der Waals surface area (Å²) in [7, 11) is 1.77. The topological polar surface area (TPSA) is 109 Å². The fourth-order valence-corrected chi connectivity index (χ4v) is 2.61. The van der Waals surface area contributed by atoms with Crippen LogP contribution in [-0.2, 0) is 13.6 Å². The first kappa shape index (κ1) is 15.0. The molecule has 2 amide bonds. The lowest BCUT2D eigenvalue weighted by Gasteiger charge is -2.04. The van der Waals surface area contributed by atoms with Gasteiger partial charge in [-0.2, -0.15) is 5.10 Å². The maximum Gasteiger partial charge on any atom is 0.347 e. The van der Waals surface area contributed by atoms with Gasteiger partial charge in [-0.3, -0.25) is 4.68 Å². The van der Waals surface area contributed by atoms with Crippen LogP contribution in [0.2, 0.25) is 0 Å². The van der Waals surface area contributed by atoms with Gasteiger partial charge in [0, 0.05) is 13.2 Å². The molecule has 0 radical (unpaired) electrons. The Morgan fingerprint density at radius 3 is 2.62 bits per heavy atom. The van der Waals surface area contributed by atoms with Crippen molar-refractivity contribution in [2.24, 2.45) is 7.05 Å². The number of nitrogens with zero attached hydrogens (tertiary/aromatic N) is 3. The van der Waals surface area contributed by atoms with E-state index in [1.807, 2.05) is 0 Å². The van der Waals surface area contributed by atoms with Gasteiger partial charge in [0.2, 0.25) is 0 Å². The molecule has 0 saturated heterocycles. The van der Waals surface area contributed by atoms with E-state index in [0.29, 0.717) is 22.1 Å². The van der Waals surface area contributed by atoms with E-state index in [-0.39, 0.29) is 11.4 Å². The number of hydrogen-bond acceptors (Lipinski definition) is 5. The summed E-state index contributed by atoms with van der Waals surface area (Å²) in [5.74, 6) is -1.01. The molecule has 0 bridgehead atoms. The van der Waals surface area contributed by atoms with E-state index < -0.39 is 12.0 Å². The lowest BCUT2D eigenvalue weighted by Crippen LogP contribution is -2.28. The molecular formula is C12H15N5O3S. The number of thiazole rings is 1. The summed E-state index contributed by atoms with van der Waals surface area (Å²) in [5, 5.41) is 18.9. The number of hydrogen-bond donors (Lipinski definition) is 3. The highest BCUT2D eigenvalue weighted by molar-refractivity contribution is 7.13. The van der Waals surface area contributed by atoms with E-state index in [2.05, 4.69) is 20.7 Å². The van der Waals surface area contributed by atoms with Gasteiger partial charge in [0.25, 0.3) is 0 Å². The highest BCUT2D eigenvalue weighted by Crippen LogP contribution is 2.18. The van der Waals surface area contributed by atoms with Crippen LogP contribution in [0.1, 0.15) is 26.1 Å². The van der Waals surface area contributed by atoms with Gasteiger partial charge in [-0.15, -0.1) is 11.3 Å². The van der Waals surface area contributed by atoms with Crippen molar-refractivity contribution < 1.29 is 14.7 Å². The Bertz CT molecular complexity index is 691. The Morgan fingerprint density at radius 2 is 2.10 bits per heavy atom. The minimum absolute atomic E-state index is 0.171. The molecule has 9 heteroatoms. The average Bonchev–Trinajstić information content (AvgIpc) is 2.90. The second-order valence-electron chi connectivity index (χ2n) is 4.44. The molecule has 0 aliphatic carbocycles. The zero-order valence-electron chi connectivity index (χ0n) is 11.8. The molecule has 0 fully saturated rings. The van der Waals surface area contributed by atoms with Gasteiger partial charge in [0.05, 0.1) is 23.6 Å². The van der Waals surface area contributed by atoms with E-state index >= 15 is 0 Å². The number of anilines is 1. The van der Waals surface area contributed by atoms with E-state index in [0.717, 1.165) is 11.3 Å². The van der Waals surface area contributed by atoms with Crippen molar-refractivity contribution in [3.8, 4) is 0 Å². The quantitative estimate of drug-likeness (QED) is 0.793. The molecule has 0 unspecified atom stereocenters. The van der Waals surface area contributed by atoms with Gasteiger partial charge in [0.15, 0.2) is 0 Å². The van der Waals surface area contributed by atoms with Gasteiger partial charge in [0.1, 0.15) is 9.88 Å². The Morgan fingerprint density at radius 1 is 1.38 bits per heavy atom. The first-order valence-electron chi connectivity index (χ1n) is 6.11. The summed E-state index contributed by atoms with van der Waals surface area (Å²) in [6.45, 7) is 3.59. The number of amides is 2. The smallest absolute Gasteiger partial charge is 0.347 e. The van der Waals surface area contributed by atoms with Crippen LogP contribution in [0.3, 0.4) is 0 Å². The Labute approximate surface area is 124 Å². The van der Waals surface area contributed by atoms with E-state index in [1.54, 1.807) is 31.8 Å². The third-order valence-electron chi connectivity index (χ3n) is 2.70. The van der Waals surface area contributed by atoms with E-state index in [4.69, 9.17) is 5.11 Å². The van der Waals surface area contributed by atoms with Crippen molar-refractivity contribution in [3.05, 3.63) is 27.5 Å². The minimum Gasteiger partial charge on any atom is -0.477 e. The number of aromatic carboxylic acids is 1. The van der Waals surface area contributed by atoms with Crippen molar-refractivity contribution in [1.29, 1.82) is 0 Å². The zero-order chi connectivity index (χ0) is 15.6. The minimum atomic E-state index is -1.01. The number of carboxylic acid groups (broad SMARTS) is 1. The number of carboxylic acids is 1. The van der Waals surface area contributed by atoms with Gasteiger partial charge in [-0.25, -0.2) is 14.6 Å². The predicted molar refractivity (Wildman–Crippen MR) is 77.6 cm³/mol. The second-order valence-corrected chi connectivity index (χ2v) is 5.52. The molecule has 0 saturated carbocycles. The predicted octanol–water partition coefficient (Wildman–Crippen LogP) is 1.51. The Balaban J connectivity index is 1.94. The number of carbonyl (C=O) groups is 2. The van der Waals surface area contributed by atoms with Crippen molar-refractivity contribution in [2.75, 3.05) is 5.32 Å². The Hall–Kier alpha value is -2.42. The third-order valence-corrected chi connectivity index (χ3v) is 3.84. The fourth-order valence-electron chi connectivity index (χ4n) is 1.77. The van der Waals surface area contributed by atoms with Gasteiger partial charge >= 0.3 is 12.0 Å². The first-order chi connectivity index (χ1) is 9.86. The molecule has 0 aliphatic heterocycles. The molecule has 0 atom stereocenters. The number of aromatic nitrogens is 3. The summed E-state index contributed by atoms with van der Waals surface area (Å²) in [6, 6.07) is -0.393. The third kappa shape index (κ3) is 3.57. The number of carbonyl (C=O) groups excluding carboxylic acids is 1. The SMILES string of the molecule is Cc1nn(C)cc1NC(=O)NCc1nc(C)c(C(=O)O)s1. The van der Waals surface area contributed by atoms with Gasteiger partial charge in [-0.05, 0) is 13.8 Å². The highest BCUT2D eigenvalue weighted by Gasteiger charge is 2.14. The maximum absolute atomic E-state index is 11.8. The van der Waals surface area contributed by atoms with Crippen LogP contribution < -0.4 is 10.6 Å². The molecule has 2 heterocycles. The first-order valence-corrected chi connectivity index (χ1v) is 6.93. The number of urea groups is 1. The normalized spacial score (nSPS) is 10.4. The van der Waals surface area contributed by atoms with Crippen LogP contribution in [0.15, 0.2) is 6.20 Å². The number of aryl methyl sites for hydroxylation is 3. The molecule has 0 aliphatic rings. The van der Waals surface area contributed by atoms with Gasteiger partial charge < -0.3 is 15.7 Å². The molecule has 2 rings (SSSR count). The second kappa shape index (κ2) is 5.92. The molecule has 0 spiro atoms. The van der Waals surface area contributed by atoms with E-state index in [9.17, 15) is 9.59 Å². The number of nitrogens with one attached hydrogen (secondary N) is 2. The molecule has 2 aromatic rings. The molecule has 8 nitrogen and oxygen atoms in total. The van der Waals surface area contributed by atoms with Crippen molar-refractivity contribution >= 4 is 29.0 Å². The summed E-state index contributed by atoms with van der Waals surface area (Å²) in [6.07, 6.45) is 1.70. The van der Waals surface area contributed by atoms with Crippen molar-refractivity contribution in [2.45, 2.75) is 20.4 Å². The Kier molecular flexibility index (Phi) is 4.22.